The van der Waals surface area contributed by atoms with Crippen LogP contribution in [0.4, 0.5) is 4.39 Å². The van der Waals surface area contributed by atoms with Gasteiger partial charge in [0.15, 0.2) is 0 Å². The smallest absolute Gasteiger partial charge is 0.247 e. The van der Waals surface area contributed by atoms with E-state index in [1.165, 1.54) is 0 Å². The molecule has 0 aromatic rings. The average molecular weight is 416 g/mol. The van der Waals surface area contributed by atoms with Crippen molar-refractivity contribution in [1.29, 1.82) is 0 Å². The first-order valence-electron chi connectivity index (χ1n) is 10.6. The quantitative estimate of drug-likeness (QED) is 0.711. The molecule has 0 bridgehead atoms. The minimum atomic E-state index is -0.717. The number of piperidine rings is 1. The Morgan fingerprint density at radius 1 is 1.21 bits per heavy atom. The Kier molecular flexibility index (Phi) is 6.14. The number of halogens is 2. The molecule has 158 valence electrons. The van der Waals surface area contributed by atoms with E-state index in [1.807, 2.05) is 0 Å². The van der Waals surface area contributed by atoms with Crippen molar-refractivity contribution in [3.05, 3.63) is 0 Å². The highest BCUT2D eigenvalue weighted by Gasteiger charge is 2.49. The van der Waals surface area contributed by atoms with Gasteiger partial charge in [-0.25, -0.2) is 4.39 Å². The number of amides is 2. The Balaban J connectivity index is 1.49. The van der Waals surface area contributed by atoms with Crippen molar-refractivity contribution in [3.63, 3.8) is 0 Å². The Hall–Kier alpha value is -0.920. The van der Waals surface area contributed by atoms with Gasteiger partial charge in [-0.05, 0) is 43.9 Å². The van der Waals surface area contributed by atoms with E-state index < -0.39 is 12.2 Å². The molecular formula is C20H31ClFN3O3. The number of piperazine rings is 1. The average Bonchev–Trinajstić information content (AvgIpc) is 2.61. The maximum Gasteiger partial charge on any atom is 0.247 e. The third kappa shape index (κ3) is 4.03. The molecule has 1 saturated carbocycles. The van der Waals surface area contributed by atoms with Crippen LogP contribution in [0.1, 0.15) is 39.0 Å². The van der Waals surface area contributed by atoms with Crippen LogP contribution in [0, 0.1) is 17.8 Å². The number of ether oxygens (including phenoxy) is 1. The molecular weight excluding hydrogens is 385 g/mol. The highest BCUT2D eigenvalue weighted by atomic mass is 35.5. The minimum absolute atomic E-state index is 0.000805. The van der Waals surface area contributed by atoms with Crippen molar-refractivity contribution in [2.24, 2.45) is 17.8 Å². The molecule has 2 amide bonds. The molecule has 28 heavy (non-hydrogen) atoms. The summed E-state index contributed by atoms with van der Waals surface area (Å²) in [5.41, 5.74) is 0. The third-order valence-corrected chi connectivity index (χ3v) is 7.22. The van der Waals surface area contributed by atoms with E-state index in [1.54, 1.807) is 9.80 Å². The first-order chi connectivity index (χ1) is 13.4. The molecule has 3 saturated heterocycles. The number of hydrogen-bond acceptors (Lipinski definition) is 4. The summed E-state index contributed by atoms with van der Waals surface area (Å²) in [4.78, 5) is 30.1. The summed E-state index contributed by atoms with van der Waals surface area (Å²) in [6, 6.07) is -0.458. The van der Waals surface area contributed by atoms with Gasteiger partial charge in [0.2, 0.25) is 11.8 Å². The summed E-state index contributed by atoms with van der Waals surface area (Å²) >= 11 is 6.25. The lowest BCUT2D eigenvalue weighted by molar-refractivity contribution is -0.173. The van der Waals surface area contributed by atoms with Crippen LogP contribution < -0.4 is 5.32 Å². The summed E-state index contributed by atoms with van der Waals surface area (Å²) in [5.74, 6) is 0.543. The molecule has 1 aliphatic carbocycles. The van der Waals surface area contributed by atoms with Crippen molar-refractivity contribution in [2.45, 2.75) is 62.8 Å². The van der Waals surface area contributed by atoms with Gasteiger partial charge >= 0.3 is 0 Å². The summed E-state index contributed by atoms with van der Waals surface area (Å²) in [6.45, 7) is 4.42. The van der Waals surface area contributed by atoms with E-state index in [0.29, 0.717) is 39.1 Å². The second-order valence-corrected chi connectivity index (χ2v) is 9.65. The zero-order valence-corrected chi connectivity index (χ0v) is 17.2. The topological polar surface area (TPSA) is 61.9 Å². The van der Waals surface area contributed by atoms with E-state index in [2.05, 4.69) is 12.2 Å². The normalized spacial score (nSPS) is 40.5. The molecule has 0 radical (unpaired) electrons. The molecule has 6 nitrogen and oxygen atoms in total. The summed E-state index contributed by atoms with van der Waals surface area (Å²) in [7, 11) is 0. The van der Waals surface area contributed by atoms with E-state index >= 15 is 0 Å². The Labute approximate surface area is 171 Å². The van der Waals surface area contributed by atoms with Crippen molar-refractivity contribution < 1.29 is 18.7 Å². The van der Waals surface area contributed by atoms with Crippen LogP contribution in [0.5, 0.6) is 0 Å². The largest absolute Gasteiger partial charge is 0.380 e. The van der Waals surface area contributed by atoms with Crippen molar-refractivity contribution in [1.82, 2.24) is 15.1 Å². The Morgan fingerprint density at radius 3 is 2.54 bits per heavy atom. The van der Waals surface area contributed by atoms with Crippen molar-refractivity contribution in [2.75, 3.05) is 32.8 Å². The summed E-state index contributed by atoms with van der Waals surface area (Å²) in [5, 5.41) is 3.42. The molecule has 0 aromatic carbocycles. The van der Waals surface area contributed by atoms with E-state index in [4.69, 9.17) is 16.3 Å². The van der Waals surface area contributed by atoms with Crippen LogP contribution in [0.2, 0.25) is 0 Å². The number of nitrogens with one attached hydrogen (secondary N) is 1. The Bertz CT molecular complexity index is 597. The lowest BCUT2D eigenvalue weighted by Crippen LogP contribution is -2.70. The van der Waals surface area contributed by atoms with E-state index in [-0.39, 0.29) is 47.7 Å². The molecule has 3 heterocycles. The lowest BCUT2D eigenvalue weighted by Gasteiger charge is -2.50. The van der Waals surface area contributed by atoms with Crippen molar-refractivity contribution >= 4 is 23.4 Å². The monoisotopic (exact) mass is 415 g/mol. The zero-order valence-electron chi connectivity index (χ0n) is 16.5. The lowest BCUT2D eigenvalue weighted by atomic mass is 9.85. The molecule has 1 N–H and O–H groups in total. The number of nitrogens with zero attached hydrogens (tertiary/aromatic N) is 2. The number of rotatable bonds is 4. The molecule has 4 unspecified atom stereocenters. The Morgan fingerprint density at radius 2 is 1.93 bits per heavy atom. The van der Waals surface area contributed by atoms with Crippen LogP contribution in [0.25, 0.3) is 0 Å². The molecule has 4 aliphatic rings. The maximum atomic E-state index is 13.5. The van der Waals surface area contributed by atoms with Gasteiger partial charge in [-0.1, -0.05) is 6.92 Å². The number of carbonyl (C=O) groups excluding carboxylic acids is 2. The van der Waals surface area contributed by atoms with Crippen LogP contribution in [-0.4, -0.2) is 78.2 Å². The van der Waals surface area contributed by atoms with Crippen molar-refractivity contribution in [3.8, 4) is 0 Å². The highest BCUT2D eigenvalue weighted by Crippen LogP contribution is 2.33. The summed E-state index contributed by atoms with van der Waals surface area (Å²) in [6.07, 6.45) is 2.65. The molecule has 0 aromatic heterocycles. The van der Waals surface area contributed by atoms with Gasteiger partial charge in [0.25, 0.3) is 0 Å². The second kappa shape index (κ2) is 8.44. The molecule has 4 atom stereocenters. The van der Waals surface area contributed by atoms with Crippen LogP contribution >= 0.6 is 11.6 Å². The van der Waals surface area contributed by atoms with Crippen LogP contribution in [0.3, 0.4) is 0 Å². The number of hydrogen-bond donors (Lipinski definition) is 1. The fourth-order valence-corrected chi connectivity index (χ4v) is 5.55. The highest BCUT2D eigenvalue weighted by molar-refractivity contribution is 6.20. The maximum absolute atomic E-state index is 13.5. The zero-order chi connectivity index (χ0) is 19.8. The van der Waals surface area contributed by atoms with Gasteiger partial charge in [0.05, 0.1) is 19.4 Å². The molecule has 0 spiro atoms. The standard InChI is InChI=1S/C20H31ClFN3O3/c1-12-6-15(21)7-23-19(12)25-9-17(26)24(8-13-2-4-16(22)5-3-13)18(20(25)27)14-10-28-11-14/h12-16,18-19,23H,2-11H2,1H3. The van der Waals surface area contributed by atoms with E-state index in [0.717, 1.165) is 19.3 Å². The minimum Gasteiger partial charge on any atom is -0.380 e. The molecule has 4 fully saturated rings. The van der Waals surface area contributed by atoms with Gasteiger partial charge in [-0.2, -0.15) is 0 Å². The van der Waals surface area contributed by atoms with Gasteiger partial charge in [-0.3, -0.25) is 14.9 Å². The second-order valence-electron chi connectivity index (χ2n) is 9.04. The number of alkyl halides is 2. The first-order valence-corrected chi connectivity index (χ1v) is 11.1. The first kappa shape index (κ1) is 20.4. The third-order valence-electron chi connectivity index (χ3n) is 6.89. The fourth-order valence-electron chi connectivity index (χ4n) is 5.18. The predicted octanol–water partition coefficient (Wildman–Crippen LogP) is 1.76. The molecule has 4 rings (SSSR count). The van der Waals surface area contributed by atoms with Gasteiger partial charge in [-0.15, -0.1) is 11.6 Å². The number of carbonyl (C=O) groups is 2. The fraction of sp³-hybridized carbons (Fsp3) is 0.900. The molecule has 8 heteroatoms. The SMILES string of the molecule is CC1CC(Cl)CNC1N1CC(=O)N(CC2CCC(F)CC2)C(C2COC2)C1=O. The van der Waals surface area contributed by atoms with Gasteiger partial charge < -0.3 is 14.5 Å². The van der Waals surface area contributed by atoms with E-state index in [9.17, 15) is 14.0 Å². The molecule has 3 aliphatic heterocycles. The van der Waals surface area contributed by atoms with Gasteiger partial charge in [0.1, 0.15) is 18.8 Å². The van der Waals surface area contributed by atoms with Gasteiger partial charge in [0, 0.05) is 24.4 Å². The predicted molar refractivity (Wildman–Crippen MR) is 104 cm³/mol. The van der Waals surface area contributed by atoms with Crippen LogP contribution in [-0.2, 0) is 14.3 Å². The van der Waals surface area contributed by atoms with Crippen LogP contribution in [0.15, 0.2) is 0 Å². The summed E-state index contributed by atoms with van der Waals surface area (Å²) < 4.78 is 18.8.